The van der Waals surface area contributed by atoms with E-state index in [1.165, 1.54) is 42.5 Å². The number of alkyl halides is 6. The highest BCUT2D eigenvalue weighted by Crippen LogP contribution is 2.39. The van der Waals surface area contributed by atoms with Crippen LogP contribution in [0.15, 0.2) is 48.7 Å². The van der Waals surface area contributed by atoms with Crippen molar-refractivity contribution < 1.29 is 31.1 Å². The molecule has 0 saturated heterocycles. The monoisotopic (exact) mass is 560 g/mol. The van der Waals surface area contributed by atoms with E-state index in [0.717, 1.165) is 0 Å². The van der Waals surface area contributed by atoms with Gasteiger partial charge in [-0.1, -0.05) is 23.2 Å². The van der Waals surface area contributed by atoms with E-state index < -0.39 is 29.5 Å². The van der Waals surface area contributed by atoms with Crippen LogP contribution in [0, 0.1) is 0 Å². The molecule has 0 fully saturated rings. The maximum atomic E-state index is 13.0. The fourth-order valence-electron chi connectivity index (χ4n) is 2.65. The van der Waals surface area contributed by atoms with Gasteiger partial charge in [0.15, 0.2) is 10.8 Å². The van der Waals surface area contributed by atoms with Gasteiger partial charge in [-0.25, -0.2) is 4.68 Å². The number of hydrogen-bond donors (Lipinski definition) is 1. The number of benzene rings is 2. The van der Waals surface area contributed by atoms with Crippen molar-refractivity contribution in [3.05, 3.63) is 75.5 Å². The second-order valence-corrected chi connectivity index (χ2v) is 8.09. The molecule has 0 aliphatic carbocycles. The highest BCUT2D eigenvalue weighted by molar-refractivity contribution is 7.80. The second-order valence-electron chi connectivity index (χ2n) is 6.52. The highest BCUT2D eigenvalue weighted by atomic mass is 35.5. The van der Waals surface area contributed by atoms with Crippen molar-refractivity contribution in [2.75, 3.05) is 5.32 Å². The third kappa shape index (κ3) is 5.74. The van der Waals surface area contributed by atoms with Gasteiger partial charge < -0.3 is 5.32 Å². The zero-order valence-electron chi connectivity index (χ0n) is 16.2. The zero-order chi connectivity index (χ0) is 25.4. The van der Waals surface area contributed by atoms with Crippen LogP contribution in [0.4, 0.5) is 32.0 Å². The average Bonchev–Trinajstić information content (AvgIpc) is 3.22. The van der Waals surface area contributed by atoms with Gasteiger partial charge in [-0.3, -0.25) is 4.79 Å². The number of rotatable bonds is 3. The van der Waals surface area contributed by atoms with Gasteiger partial charge in [-0.15, -0.1) is 0 Å². The van der Waals surface area contributed by atoms with Crippen molar-refractivity contribution in [3.8, 4) is 5.69 Å². The Balaban J connectivity index is 1.79. The van der Waals surface area contributed by atoms with Crippen molar-refractivity contribution >= 4 is 63.9 Å². The average molecular weight is 562 g/mol. The predicted molar refractivity (Wildman–Crippen MR) is 118 cm³/mol. The van der Waals surface area contributed by atoms with Crippen LogP contribution in [0.2, 0.25) is 10.0 Å². The first-order valence-corrected chi connectivity index (χ1v) is 10.3. The Morgan fingerprint density at radius 1 is 1.00 bits per heavy atom. The smallest absolute Gasteiger partial charge is 0.331 e. The largest absolute Gasteiger partial charge is 0.435 e. The van der Waals surface area contributed by atoms with Gasteiger partial charge in [-0.2, -0.15) is 35.9 Å². The number of carbonyl (C=O) groups excluding carboxylic acids is 1. The molecule has 5 nitrogen and oxygen atoms in total. The number of hydrogen-bond acceptors (Lipinski definition) is 3. The molecule has 3 rings (SSSR count). The van der Waals surface area contributed by atoms with E-state index in [-0.39, 0.29) is 38.3 Å². The Labute approximate surface area is 207 Å². The molecule has 0 atom stereocenters. The van der Waals surface area contributed by atoms with Crippen molar-refractivity contribution in [3.63, 3.8) is 0 Å². The standard InChI is InChI=1S/C19H9Cl3F6N4OS/c20-9-1-6-14(21)12(7-9)16(33)32(22)17(34)29-10-2-4-11(5-3-10)31-8-13(18(23,24)25)15(30-31)19(26,27)28/h1-8H,(H,29,34). The molecule has 0 spiro atoms. The Bertz CT molecular complexity index is 1210. The number of nitrogens with zero attached hydrogens (tertiary/aromatic N) is 3. The van der Waals surface area contributed by atoms with Crippen LogP contribution in [0.1, 0.15) is 21.6 Å². The summed E-state index contributed by atoms with van der Waals surface area (Å²) in [6.07, 6.45) is -10.3. The molecule has 34 heavy (non-hydrogen) atoms. The van der Waals surface area contributed by atoms with Gasteiger partial charge in [0.2, 0.25) is 0 Å². The van der Waals surface area contributed by atoms with Crippen LogP contribution in [-0.2, 0) is 12.4 Å². The van der Waals surface area contributed by atoms with Gasteiger partial charge in [0.05, 0.1) is 16.3 Å². The van der Waals surface area contributed by atoms with Crippen molar-refractivity contribution in [2.45, 2.75) is 12.4 Å². The molecule has 2 aromatic carbocycles. The molecule has 3 aromatic rings. The van der Waals surface area contributed by atoms with Gasteiger partial charge >= 0.3 is 12.4 Å². The molecule has 0 saturated carbocycles. The third-order valence-corrected chi connectivity index (χ3v) is 5.46. The number of carbonyl (C=O) groups is 1. The maximum Gasteiger partial charge on any atom is 0.435 e. The van der Waals surface area contributed by atoms with Gasteiger partial charge in [0, 0.05) is 28.7 Å². The van der Waals surface area contributed by atoms with Crippen molar-refractivity contribution in [1.29, 1.82) is 0 Å². The summed E-state index contributed by atoms with van der Waals surface area (Å²) in [7, 11) is 0. The number of thiocarbonyl (C=S) groups is 1. The molecule has 180 valence electrons. The van der Waals surface area contributed by atoms with Gasteiger partial charge in [-0.05, 0) is 54.7 Å². The summed E-state index contributed by atoms with van der Waals surface area (Å²) in [6, 6.07) is 9.08. The molecule has 0 radical (unpaired) electrons. The summed E-state index contributed by atoms with van der Waals surface area (Å²) in [5.74, 6) is -0.792. The molecular formula is C19H9Cl3F6N4OS. The maximum absolute atomic E-state index is 13.0. The van der Waals surface area contributed by atoms with E-state index >= 15 is 0 Å². The van der Waals surface area contributed by atoms with Crippen LogP contribution >= 0.6 is 47.2 Å². The SMILES string of the molecule is O=C(c1cc(Cl)ccc1Cl)N(Cl)C(=S)Nc1ccc(-n2cc(C(F)(F)F)c(C(F)(F)F)n2)cc1. The highest BCUT2D eigenvalue weighted by Gasteiger charge is 2.46. The molecule has 1 aromatic heterocycles. The second kappa shape index (κ2) is 9.61. The molecule has 0 aliphatic rings. The first-order chi connectivity index (χ1) is 15.7. The lowest BCUT2D eigenvalue weighted by Gasteiger charge is -2.17. The summed E-state index contributed by atoms with van der Waals surface area (Å²) >= 11 is 22.8. The summed E-state index contributed by atoms with van der Waals surface area (Å²) in [5, 5.41) is 5.66. The first-order valence-electron chi connectivity index (χ1n) is 8.79. The Morgan fingerprint density at radius 3 is 2.15 bits per heavy atom. The lowest BCUT2D eigenvalue weighted by molar-refractivity contribution is -0.163. The summed E-state index contributed by atoms with van der Waals surface area (Å²) in [5.41, 5.74) is -3.87. The zero-order valence-corrected chi connectivity index (χ0v) is 19.3. The van der Waals surface area contributed by atoms with Crippen LogP contribution in [0.3, 0.4) is 0 Å². The molecule has 15 heteroatoms. The van der Waals surface area contributed by atoms with E-state index in [9.17, 15) is 31.1 Å². The summed E-state index contributed by atoms with van der Waals surface area (Å²) < 4.78 is 78.9. The number of halogens is 9. The van der Waals surface area contributed by atoms with E-state index in [1.807, 2.05) is 0 Å². The fourth-order valence-corrected chi connectivity index (χ4v) is 3.36. The third-order valence-electron chi connectivity index (χ3n) is 4.19. The number of amides is 1. The Kier molecular flexibility index (Phi) is 7.37. The number of anilines is 1. The van der Waals surface area contributed by atoms with Crippen LogP contribution < -0.4 is 5.32 Å². The van der Waals surface area contributed by atoms with Gasteiger partial charge in [0.1, 0.15) is 5.56 Å². The fraction of sp³-hybridized carbons (Fsp3) is 0.105. The minimum absolute atomic E-state index is 0.0247. The van der Waals surface area contributed by atoms with Crippen LogP contribution in [0.25, 0.3) is 5.69 Å². The van der Waals surface area contributed by atoms with Crippen LogP contribution in [-0.4, -0.2) is 25.2 Å². The predicted octanol–water partition coefficient (Wildman–Crippen LogP) is 7.21. The number of aromatic nitrogens is 2. The lowest BCUT2D eigenvalue weighted by atomic mass is 10.2. The molecule has 1 heterocycles. The Morgan fingerprint density at radius 2 is 1.62 bits per heavy atom. The molecule has 0 aliphatic heterocycles. The molecule has 1 N–H and O–H groups in total. The molecule has 0 unspecified atom stereocenters. The van der Waals surface area contributed by atoms with Crippen LogP contribution in [0.5, 0.6) is 0 Å². The van der Waals surface area contributed by atoms with E-state index in [2.05, 4.69) is 10.4 Å². The van der Waals surface area contributed by atoms with E-state index in [1.54, 1.807) is 0 Å². The molecular weight excluding hydrogens is 553 g/mol. The number of nitrogens with one attached hydrogen (secondary N) is 1. The molecule has 0 bridgehead atoms. The minimum atomic E-state index is -5.30. The molecule has 1 amide bonds. The van der Waals surface area contributed by atoms with Crippen molar-refractivity contribution in [2.24, 2.45) is 0 Å². The minimum Gasteiger partial charge on any atom is -0.331 e. The lowest BCUT2D eigenvalue weighted by Crippen LogP contribution is -2.32. The quantitative estimate of drug-likeness (QED) is 0.209. The summed E-state index contributed by atoms with van der Waals surface area (Å²) in [4.78, 5) is 12.5. The Hall–Kier alpha value is -2.54. The van der Waals surface area contributed by atoms with Gasteiger partial charge in [0.25, 0.3) is 5.91 Å². The topological polar surface area (TPSA) is 50.2 Å². The van der Waals surface area contributed by atoms with E-state index in [4.69, 9.17) is 47.2 Å². The first kappa shape index (κ1) is 26.1. The van der Waals surface area contributed by atoms with E-state index in [0.29, 0.717) is 9.10 Å². The van der Waals surface area contributed by atoms with Crippen molar-refractivity contribution in [1.82, 2.24) is 14.2 Å². The normalized spacial score (nSPS) is 11.9. The summed E-state index contributed by atoms with van der Waals surface area (Å²) in [6.45, 7) is 0.